The highest BCUT2D eigenvalue weighted by Crippen LogP contribution is 2.40. The molecule has 464 valence electrons. The van der Waals surface area contributed by atoms with Crippen LogP contribution in [0.2, 0.25) is 0 Å². The summed E-state index contributed by atoms with van der Waals surface area (Å²) in [5, 5.41) is 13.9. The third-order valence-electron chi connectivity index (χ3n) is 17.3. The van der Waals surface area contributed by atoms with Crippen molar-refractivity contribution in [2.75, 3.05) is 25.0 Å². The third kappa shape index (κ3) is 15.5. The maximum atomic E-state index is 16.4. The molecule has 86 heavy (non-hydrogen) atoms. The van der Waals surface area contributed by atoms with E-state index < -0.39 is 65.9 Å². The monoisotopic (exact) mass is 1200 g/mol. The topological polar surface area (TPSA) is 204 Å². The van der Waals surface area contributed by atoms with Gasteiger partial charge in [-0.2, -0.15) is 23.4 Å². The predicted molar refractivity (Wildman–Crippen MR) is 315 cm³/mol. The molecular formula is C65H81F5N8O8. The molecule has 3 aromatic heterocycles. The minimum atomic E-state index is -4.72. The molecule has 0 unspecified atom stereocenters. The molecular weight excluding hydrogens is 1120 g/mol. The highest BCUT2D eigenvalue weighted by atomic mass is 19.4. The Kier molecular flexibility index (Phi) is 20.6. The number of carbonyl (C=O) groups excluding carboxylic acids is 8. The number of Topliss-reactive ketones (excluding diaryl/α,β-unsaturated/α-hetero) is 6. The van der Waals surface area contributed by atoms with E-state index in [1.807, 2.05) is 25.1 Å². The average molecular weight is 1200 g/mol. The quantitative estimate of drug-likeness (QED) is 0.102. The molecule has 4 bridgehead atoms. The number of aryl methyl sites for hydroxylation is 4. The number of anilines is 1. The average Bonchev–Trinajstić information content (AvgIpc) is 1.80. The van der Waals surface area contributed by atoms with Crippen LogP contribution in [0.25, 0.3) is 21.8 Å². The van der Waals surface area contributed by atoms with E-state index in [4.69, 9.17) is 0 Å². The van der Waals surface area contributed by atoms with E-state index in [1.165, 1.54) is 36.4 Å². The largest absolute Gasteiger partial charge is 0.433 e. The Morgan fingerprint density at radius 1 is 0.651 bits per heavy atom. The zero-order valence-corrected chi connectivity index (χ0v) is 50.7. The Morgan fingerprint density at radius 2 is 1.13 bits per heavy atom. The first kappa shape index (κ1) is 64.9. The summed E-state index contributed by atoms with van der Waals surface area (Å²) in [4.78, 5) is 111. The van der Waals surface area contributed by atoms with E-state index in [0.29, 0.717) is 59.1 Å². The summed E-state index contributed by atoms with van der Waals surface area (Å²) >= 11 is 0. The number of halogens is 5. The van der Waals surface area contributed by atoms with E-state index in [0.717, 1.165) is 96.8 Å². The number of benzene rings is 2. The van der Waals surface area contributed by atoms with Crippen molar-refractivity contribution in [3.63, 3.8) is 0 Å². The van der Waals surface area contributed by atoms with Crippen molar-refractivity contribution in [2.24, 2.45) is 5.92 Å². The van der Waals surface area contributed by atoms with Crippen molar-refractivity contribution < 1.29 is 60.3 Å². The Hall–Kier alpha value is -7.06. The molecule has 4 atom stereocenters. The smallest absolute Gasteiger partial charge is 0.385 e. The van der Waals surface area contributed by atoms with E-state index in [2.05, 4.69) is 40.4 Å². The molecule has 0 radical (unpaired) electrons. The van der Waals surface area contributed by atoms with E-state index in [-0.39, 0.29) is 105 Å². The number of ketones is 6. The van der Waals surface area contributed by atoms with Crippen LogP contribution in [0.1, 0.15) is 198 Å². The second kappa shape index (κ2) is 27.3. The Balaban J connectivity index is 0.000000226. The van der Waals surface area contributed by atoms with Gasteiger partial charge in [0.2, 0.25) is 11.8 Å². The lowest BCUT2D eigenvalue weighted by Gasteiger charge is -2.24. The maximum Gasteiger partial charge on any atom is 0.433 e. The van der Waals surface area contributed by atoms with Gasteiger partial charge < -0.3 is 15.1 Å². The van der Waals surface area contributed by atoms with Gasteiger partial charge in [-0.05, 0) is 112 Å². The van der Waals surface area contributed by atoms with Gasteiger partial charge in [-0.3, -0.25) is 47.7 Å². The number of hydrogen-bond acceptors (Lipinski definition) is 12. The minimum absolute atomic E-state index is 0.0125. The summed E-state index contributed by atoms with van der Waals surface area (Å²) in [6, 6.07) is 7.74. The third-order valence-corrected chi connectivity index (χ3v) is 17.3. The molecule has 7 heterocycles. The number of aromatic nitrogens is 5. The predicted octanol–water partition coefficient (Wildman–Crippen LogP) is 11.7. The lowest BCUT2D eigenvalue weighted by Crippen LogP contribution is -2.43. The molecule has 16 nitrogen and oxygen atoms in total. The normalized spacial score (nSPS) is 22.4. The van der Waals surface area contributed by atoms with Gasteiger partial charge in [-0.25, -0.2) is 13.8 Å². The van der Waals surface area contributed by atoms with Gasteiger partial charge in [0.05, 0.1) is 48.3 Å². The summed E-state index contributed by atoms with van der Waals surface area (Å²) in [5.41, 5.74) is 0.868. The van der Waals surface area contributed by atoms with Gasteiger partial charge in [0.15, 0.2) is 23.1 Å². The van der Waals surface area contributed by atoms with Crippen molar-refractivity contribution in [3.05, 3.63) is 81.4 Å². The van der Waals surface area contributed by atoms with Crippen LogP contribution in [0.4, 0.5) is 27.6 Å². The Labute approximate surface area is 498 Å². The molecule has 0 aliphatic carbocycles. The van der Waals surface area contributed by atoms with E-state index in [1.54, 1.807) is 11.6 Å². The van der Waals surface area contributed by atoms with E-state index in [9.17, 15) is 51.5 Å². The lowest BCUT2D eigenvalue weighted by molar-refractivity contribution is -0.141. The summed E-state index contributed by atoms with van der Waals surface area (Å²) in [6.45, 7) is 11.8. The highest BCUT2D eigenvalue weighted by molar-refractivity contribution is 6.07. The van der Waals surface area contributed by atoms with Crippen LogP contribution < -0.4 is 5.32 Å². The summed E-state index contributed by atoms with van der Waals surface area (Å²) < 4.78 is 75.6. The highest BCUT2D eigenvalue weighted by Gasteiger charge is 2.50. The first-order valence-electron chi connectivity index (χ1n) is 30.5. The Bertz CT molecular complexity index is 3420. The minimum Gasteiger partial charge on any atom is -0.385 e. The molecule has 5 aromatic rings. The SMILES string of the molecule is CC(=O)c1nn2c3c(cc(C)cc13)CCCCCCC(=O)CC[C@@]1(F)C[C@@H](C(=O)Cc3nc(C(F)(F)F)ccc3C)N(C1)C(=O)C2.CCC(=O)[C@@H]1C[C@]2(F)CCC(=O)CCCCCCc3cc(NCC(C)C)cc4c(C(C)=O)nn(c34)CC(=O)N1C2. The van der Waals surface area contributed by atoms with Crippen LogP contribution >= 0.6 is 0 Å². The van der Waals surface area contributed by atoms with Crippen LogP contribution in [0, 0.1) is 19.8 Å². The number of nitrogens with zero attached hydrogens (tertiary/aromatic N) is 7. The molecule has 1 N–H and O–H groups in total. The van der Waals surface area contributed by atoms with Crippen molar-refractivity contribution in [2.45, 2.75) is 220 Å². The first-order chi connectivity index (χ1) is 40.7. The standard InChI is InChI=1S/C34H38F4N4O4.C31H43FN4O4/c1-20-14-23-8-6-4-5-7-9-24(44)12-13-33(35)17-27(28(45)16-26-21(2)10-11-29(39-26)34(36,37)38)41(19-33)30(46)18-42-32(23)25(15-20)31(40-42)22(3)43;1-5-27(39)26-16-31(32)13-12-24(38)11-9-7-6-8-10-22-14-23(33-17-20(2)3)15-25-29(21(4)37)34-36(30(22)25)18-28(40)35(26)19-31/h10-11,14-15,27H,4-9,12-13,16-19H2,1-3H3;14-15,20,26,33H,5-13,16-19H2,1-4H3/t27-,33+;26-,31+/m00/s1. The molecule has 2 saturated heterocycles. The lowest BCUT2D eigenvalue weighted by atomic mass is 9.92. The first-order valence-corrected chi connectivity index (χ1v) is 30.5. The number of nitrogens with one attached hydrogen (secondary N) is 1. The molecule has 2 aromatic carbocycles. The van der Waals surface area contributed by atoms with Crippen LogP contribution in [0.3, 0.4) is 0 Å². The zero-order chi connectivity index (χ0) is 62.4. The maximum absolute atomic E-state index is 16.4. The van der Waals surface area contributed by atoms with Crippen molar-refractivity contribution in [1.29, 1.82) is 0 Å². The molecule has 9 rings (SSSR count). The fourth-order valence-corrected chi connectivity index (χ4v) is 12.7. The van der Waals surface area contributed by atoms with Gasteiger partial charge in [-0.15, -0.1) is 0 Å². The number of amides is 2. The van der Waals surface area contributed by atoms with E-state index >= 15 is 8.78 Å². The molecule has 21 heteroatoms. The fraction of sp³-hybridized carbons (Fsp3) is 0.585. The number of carbonyl (C=O) groups is 8. The molecule has 4 aliphatic rings. The molecule has 0 saturated carbocycles. The fourth-order valence-electron chi connectivity index (χ4n) is 12.7. The molecule has 2 amide bonds. The van der Waals surface area contributed by atoms with Crippen LogP contribution in [-0.2, 0) is 67.3 Å². The molecule has 2 fully saturated rings. The van der Waals surface area contributed by atoms with Gasteiger partial charge in [0.1, 0.15) is 53.1 Å². The molecule has 4 aliphatic heterocycles. The second-order valence-electron chi connectivity index (χ2n) is 24.9. The number of rotatable bonds is 10. The van der Waals surface area contributed by atoms with Crippen molar-refractivity contribution in [3.8, 4) is 0 Å². The van der Waals surface area contributed by atoms with Crippen LogP contribution in [0.15, 0.2) is 36.4 Å². The van der Waals surface area contributed by atoms with Crippen molar-refractivity contribution >= 4 is 74.0 Å². The van der Waals surface area contributed by atoms with Crippen molar-refractivity contribution in [1.82, 2.24) is 34.3 Å². The van der Waals surface area contributed by atoms with Gasteiger partial charge >= 0.3 is 6.18 Å². The molecule has 0 spiro atoms. The van der Waals surface area contributed by atoms with Crippen LogP contribution in [-0.4, -0.2) is 124 Å². The van der Waals surface area contributed by atoms with Gasteiger partial charge in [0, 0.05) is 81.8 Å². The second-order valence-corrected chi connectivity index (χ2v) is 24.9. The van der Waals surface area contributed by atoms with Crippen LogP contribution in [0.5, 0.6) is 0 Å². The summed E-state index contributed by atoms with van der Waals surface area (Å²) in [7, 11) is 0. The van der Waals surface area contributed by atoms with Gasteiger partial charge in [-0.1, -0.05) is 64.2 Å². The van der Waals surface area contributed by atoms with Gasteiger partial charge in [0.25, 0.3) is 0 Å². The Morgan fingerprint density at radius 3 is 1.60 bits per heavy atom. The number of alkyl halides is 5. The summed E-state index contributed by atoms with van der Waals surface area (Å²) in [5.74, 6) is -1.96. The zero-order valence-electron chi connectivity index (χ0n) is 50.7. The number of fused-ring (bicyclic) bond motifs is 4. The number of pyridine rings is 1. The number of hydrogen-bond donors (Lipinski definition) is 1. The summed E-state index contributed by atoms with van der Waals surface area (Å²) in [6.07, 6.45) is 3.18.